The third-order valence-electron chi connectivity index (χ3n) is 3.21. The zero-order valence-corrected chi connectivity index (χ0v) is 13.0. The summed E-state index contributed by atoms with van der Waals surface area (Å²) in [5.74, 6) is -0.127. The summed E-state index contributed by atoms with van der Waals surface area (Å²) in [6, 6.07) is 9.65. The van der Waals surface area contributed by atoms with Gasteiger partial charge in [-0.15, -0.1) is 22.7 Å². The Morgan fingerprint density at radius 2 is 1.81 bits per heavy atom. The largest absolute Gasteiger partial charge is 0.321 e. The molecule has 0 radical (unpaired) electrons. The molecule has 0 saturated carbocycles. The number of carbonyl (C=O) groups is 1. The Bertz CT molecular complexity index is 815. The minimum absolute atomic E-state index is 0.127. The number of hydrogen-bond donors (Lipinski definition) is 1. The smallest absolute Gasteiger partial charge is 0.259 e. The Morgan fingerprint density at radius 3 is 2.38 bits per heavy atom. The summed E-state index contributed by atoms with van der Waals surface area (Å²) in [7, 11) is 0. The van der Waals surface area contributed by atoms with Gasteiger partial charge in [0.25, 0.3) is 5.56 Å². The molecule has 0 aliphatic rings. The molecule has 0 aliphatic heterocycles. The van der Waals surface area contributed by atoms with E-state index in [1.165, 1.54) is 11.3 Å². The van der Waals surface area contributed by atoms with Gasteiger partial charge in [0.2, 0.25) is 0 Å². The Hall–Kier alpha value is -1.98. The van der Waals surface area contributed by atoms with Gasteiger partial charge in [-0.1, -0.05) is 19.1 Å². The number of Topliss-reactive ketones (excluding diaryl/α,β-unsaturated/α-hetero) is 1. The summed E-state index contributed by atoms with van der Waals surface area (Å²) in [4.78, 5) is 29.3. The predicted molar refractivity (Wildman–Crippen MR) is 88.3 cm³/mol. The fraction of sp³-hybridized carbons (Fsp3) is 0.125. The first kappa shape index (κ1) is 14.0. The molecule has 0 bridgehead atoms. The summed E-state index contributed by atoms with van der Waals surface area (Å²) in [6.07, 6.45) is 0.319. The quantitative estimate of drug-likeness (QED) is 0.724. The standard InChI is InChI=1S/C16H13NO2S2/c1-2-12(18)15-10(13-5-3-7-20-13)9-11(17-16(15)19)14-6-4-8-21-14/h3-9H,2H2,1H3,(H,17,19). The van der Waals surface area contributed by atoms with Crippen molar-refractivity contribution in [2.24, 2.45) is 0 Å². The fourth-order valence-electron chi connectivity index (χ4n) is 2.20. The highest BCUT2D eigenvalue weighted by Gasteiger charge is 2.18. The van der Waals surface area contributed by atoms with Crippen molar-refractivity contribution in [1.29, 1.82) is 0 Å². The Kier molecular flexibility index (Phi) is 3.86. The highest BCUT2D eigenvalue weighted by atomic mass is 32.1. The van der Waals surface area contributed by atoms with Crippen LogP contribution in [0.3, 0.4) is 0 Å². The van der Waals surface area contributed by atoms with Crippen LogP contribution in [0.4, 0.5) is 0 Å². The molecule has 106 valence electrons. The van der Waals surface area contributed by atoms with E-state index in [2.05, 4.69) is 4.98 Å². The first-order valence-corrected chi connectivity index (χ1v) is 8.35. The molecule has 3 rings (SSSR count). The molecule has 0 spiro atoms. The molecule has 0 saturated heterocycles. The molecule has 3 nitrogen and oxygen atoms in total. The topological polar surface area (TPSA) is 49.9 Å². The zero-order chi connectivity index (χ0) is 14.8. The van der Waals surface area contributed by atoms with Gasteiger partial charge >= 0.3 is 0 Å². The number of nitrogens with one attached hydrogen (secondary N) is 1. The number of carbonyl (C=O) groups excluding carboxylic acids is 1. The van der Waals surface area contributed by atoms with Crippen LogP contribution in [0.2, 0.25) is 0 Å². The first-order valence-electron chi connectivity index (χ1n) is 6.59. The number of H-pyrrole nitrogens is 1. The monoisotopic (exact) mass is 315 g/mol. The maximum Gasteiger partial charge on any atom is 0.259 e. The zero-order valence-electron chi connectivity index (χ0n) is 11.4. The Labute approximate surface area is 129 Å². The van der Waals surface area contributed by atoms with Gasteiger partial charge in [0, 0.05) is 16.9 Å². The van der Waals surface area contributed by atoms with Gasteiger partial charge in [-0.25, -0.2) is 0 Å². The first-order chi connectivity index (χ1) is 10.2. The van der Waals surface area contributed by atoms with Crippen LogP contribution < -0.4 is 5.56 Å². The van der Waals surface area contributed by atoms with E-state index in [1.807, 2.05) is 41.1 Å². The van der Waals surface area contributed by atoms with Crippen molar-refractivity contribution in [2.45, 2.75) is 13.3 Å². The molecule has 0 aliphatic carbocycles. The van der Waals surface area contributed by atoms with E-state index in [9.17, 15) is 9.59 Å². The molecule has 0 aromatic carbocycles. The predicted octanol–water partition coefficient (Wildman–Crippen LogP) is 4.42. The third-order valence-corrected chi connectivity index (χ3v) is 5.01. The molecular weight excluding hydrogens is 302 g/mol. The van der Waals surface area contributed by atoms with Gasteiger partial charge in [-0.2, -0.15) is 0 Å². The number of hydrogen-bond acceptors (Lipinski definition) is 4. The molecular formula is C16H13NO2S2. The SMILES string of the molecule is CCC(=O)c1c(-c2cccs2)cc(-c2cccs2)[nH]c1=O. The van der Waals surface area contributed by atoms with Crippen molar-refractivity contribution >= 4 is 28.5 Å². The number of ketones is 1. The lowest BCUT2D eigenvalue weighted by Crippen LogP contribution is -2.19. The molecule has 21 heavy (non-hydrogen) atoms. The third kappa shape index (κ3) is 2.62. The van der Waals surface area contributed by atoms with Crippen LogP contribution in [-0.2, 0) is 0 Å². The van der Waals surface area contributed by atoms with Gasteiger partial charge in [-0.3, -0.25) is 9.59 Å². The van der Waals surface area contributed by atoms with Crippen molar-refractivity contribution in [2.75, 3.05) is 0 Å². The normalized spacial score (nSPS) is 10.7. The lowest BCUT2D eigenvalue weighted by molar-refractivity contribution is 0.0987. The van der Waals surface area contributed by atoms with Crippen molar-refractivity contribution in [3.8, 4) is 21.0 Å². The van der Waals surface area contributed by atoms with Crippen LogP contribution in [0.5, 0.6) is 0 Å². The summed E-state index contributed by atoms with van der Waals surface area (Å²) >= 11 is 3.09. The van der Waals surface area contributed by atoms with Crippen molar-refractivity contribution in [3.05, 3.63) is 57.0 Å². The van der Waals surface area contributed by atoms with Crippen LogP contribution >= 0.6 is 22.7 Å². The molecule has 3 aromatic rings. The lowest BCUT2D eigenvalue weighted by Gasteiger charge is -2.08. The molecule has 1 N–H and O–H groups in total. The molecule has 3 heterocycles. The van der Waals surface area contributed by atoms with Crippen LogP contribution in [-0.4, -0.2) is 10.8 Å². The van der Waals surface area contributed by atoms with Gasteiger partial charge in [0.1, 0.15) is 0 Å². The van der Waals surface area contributed by atoms with Crippen LogP contribution in [0, 0.1) is 0 Å². The minimum Gasteiger partial charge on any atom is -0.321 e. The van der Waals surface area contributed by atoms with E-state index in [1.54, 1.807) is 18.3 Å². The van der Waals surface area contributed by atoms with E-state index in [0.29, 0.717) is 6.42 Å². The van der Waals surface area contributed by atoms with Gasteiger partial charge in [0.15, 0.2) is 5.78 Å². The molecule has 0 unspecified atom stereocenters. The van der Waals surface area contributed by atoms with Crippen LogP contribution in [0.1, 0.15) is 23.7 Å². The number of aromatic amines is 1. The summed E-state index contributed by atoms with van der Waals surface area (Å²) in [6.45, 7) is 1.77. The summed E-state index contributed by atoms with van der Waals surface area (Å²) < 4.78 is 0. The molecule has 3 aromatic heterocycles. The Morgan fingerprint density at radius 1 is 1.14 bits per heavy atom. The highest BCUT2D eigenvalue weighted by molar-refractivity contribution is 7.14. The number of pyridine rings is 1. The second kappa shape index (κ2) is 5.79. The number of thiophene rings is 2. The summed E-state index contributed by atoms with van der Waals surface area (Å²) in [5.41, 5.74) is 1.44. The van der Waals surface area contributed by atoms with Gasteiger partial charge in [-0.05, 0) is 29.0 Å². The maximum absolute atomic E-state index is 12.4. The fourth-order valence-corrected chi connectivity index (χ4v) is 3.65. The van der Waals surface area contributed by atoms with Gasteiger partial charge < -0.3 is 4.98 Å². The van der Waals surface area contributed by atoms with E-state index in [-0.39, 0.29) is 16.9 Å². The maximum atomic E-state index is 12.4. The van der Waals surface area contributed by atoms with Crippen molar-refractivity contribution in [3.63, 3.8) is 0 Å². The minimum atomic E-state index is -0.309. The van der Waals surface area contributed by atoms with Crippen molar-refractivity contribution in [1.82, 2.24) is 4.98 Å². The number of aromatic nitrogens is 1. The summed E-state index contributed by atoms with van der Waals surface area (Å²) in [5, 5.41) is 3.91. The average molecular weight is 315 g/mol. The van der Waals surface area contributed by atoms with Crippen LogP contribution in [0.25, 0.3) is 21.0 Å². The van der Waals surface area contributed by atoms with E-state index < -0.39 is 0 Å². The van der Waals surface area contributed by atoms with E-state index >= 15 is 0 Å². The van der Waals surface area contributed by atoms with Gasteiger partial charge in [0.05, 0.1) is 16.1 Å². The Balaban J connectivity index is 2.27. The van der Waals surface area contributed by atoms with E-state index in [4.69, 9.17) is 0 Å². The second-order valence-corrected chi connectivity index (χ2v) is 6.43. The molecule has 0 fully saturated rings. The lowest BCUT2D eigenvalue weighted by atomic mass is 10.0. The average Bonchev–Trinajstić information content (AvgIpc) is 3.18. The van der Waals surface area contributed by atoms with Crippen LogP contribution in [0.15, 0.2) is 45.9 Å². The van der Waals surface area contributed by atoms with E-state index in [0.717, 1.165) is 21.0 Å². The number of rotatable bonds is 4. The molecule has 0 amide bonds. The second-order valence-electron chi connectivity index (χ2n) is 4.53. The molecule has 5 heteroatoms. The van der Waals surface area contributed by atoms with Crippen molar-refractivity contribution < 1.29 is 4.79 Å². The molecule has 0 atom stereocenters. The highest BCUT2D eigenvalue weighted by Crippen LogP contribution is 2.31.